The van der Waals surface area contributed by atoms with Crippen molar-refractivity contribution < 1.29 is 25.8 Å². The monoisotopic (exact) mass is 499 g/mol. The second-order valence-electron chi connectivity index (χ2n) is 7.96. The predicted octanol–water partition coefficient (Wildman–Crippen LogP) is 4.45. The zero-order chi connectivity index (χ0) is 24.5. The van der Waals surface area contributed by atoms with Gasteiger partial charge < -0.3 is 4.74 Å². The van der Waals surface area contributed by atoms with Crippen LogP contribution in [0.15, 0.2) is 82.7 Å². The van der Waals surface area contributed by atoms with Gasteiger partial charge in [0.05, 0.1) is 29.0 Å². The van der Waals surface area contributed by atoms with Crippen molar-refractivity contribution in [2.45, 2.75) is 30.1 Å². The molecule has 7 nitrogen and oxygen atoms in total. The zero-order valence-corrected chi connectivity index (χ0v) is 20.7. The maximum atomic E-state index is 13.4. The molecule has 0 aliphatic carbocycles. The van der Waals surface area contributed by atoms with Crippen LogP contribution >= 0.6 is 0 Å². The van der Waals surface area contributed by atoms with Gasteiger partial charge in [-0.25, -0.2) is 12.4 Å². The Morgan fingerprint density at radius 2 is 1.38 bits per heavy atom. The molecular weight excluding hydrogens is 474 g/mol. The third kappa shape index (κ3) is 4.59. The molecule has 0 spiro atoms. The van der Waals surface area contributed by atoms with Gasteiger partial charge in [0.2, 0.25) is 0 Å². The van der Waals surface area contributed by atoms with Gasteiger partial charge in [-0.05, 0) is 62.2 Å². The first-order chi connectivity index (χ1) is 16.1. The smallest absolute Gasteiger partial charge is 0.296 e. The molecule has 4 rings (SSSR count). The number of benzene rings is 3. The Morgan fingerprint density at radius 1 is 0.794 bits per heavy atom. The molecule has 0 aliphatic heterocycles. The molecule has 1 heterocycles. The molecule has 4 aromatic rings. The molecule has 0 aliphatic rings. The molecule has 1 aromatic heterocycles. The molecule has 3 aromatic carbocycles. The van der Waals surface area contributed by atoms with E-state index in [2.05, 4.69) is 0 Å². The van der Waals surface area contributed by atoms with Crippen LogP contribution < -0.4 is 4.74 Å². The van der Waals surface area contributed by atoms with Crippen molar-refractivity contribution in [2.24, 2.45) is 0 Å². The molecule has 0 N–H and O–H groups in total. The van der Waals surface area contributed by atoms with Crippen molar-refractivity contribution in [1.29, 1.82) is 0 Å². The average Bonchev–Trinajstić information content (AvgIpc) is 3.19. The average molecular weight is 500 g/mol. The van der Waals surface area contributed by atoms with Gasteiger partial charge in [0, 0.05) is 11.6 Å². The number of aryl methyl sites for hydroxylation is 2. The first kappa shape index (κ1) is 24.0. The van der Waals surface area contributed by atoms with Crippen LogP contribution in [0.1, 0.15) is 16.7 Å². The van der Waals surface area contributed by atoms with Gasteiger partial charge in [-0.3, -0.25) is 4.18 Å². The molecule has 0 atom stereocenters. The predicted molar refractivity (Wildman–Crippen MR) is 130 cm³/mol. The Hall–Kier alpha value is -3.14. The minimum absolute atomic E-state index is 0.0695. The highest BCUT2D eigenvalue weighted by atomic mass is 32.2. The van der Waals surface area contributed by atoms with Gasteiger partial charge >= 0.3 is 0 Å². The summed E-state index contributed by atoms with van der Waals surface area (Å²) < 4.78 is 63.9. The Bertz CT molecular complexity index is 1540. The Balaban J connectivity index is 1.69. The topological polar surface area (TPSA) is 91.7 Å². The van der Waals surface area contributed by atoms with E-state index in [-0.39, 0.29) is 22.8 Å². The van der Waals surface area contributed by atoms with E-state index in [0.717, 1.165) is 11.1 Å². The van der Waals surface area contributed by atoms with E-state index in [0.29, 0.717) is 22.2 Å². The van der Waals surface area contributed by atoms with Gasteiger partial charge in [0.15, 0.2) is 0 Å². The van der Waals surface area contributed by atoms with Gasteiger partial charge in [-0.2, -0.15) is 8.42 Å². The molecule has 0 unspecified atom stereocenters. The summed E-state index contributed by atoms with van der Waals surface area (Å²) in [5.74, 6) is 0.492. The van der Waals surface area contributed by atoms with Crippen molar-refractivity contribution in [2.75, 3.05) is 13.7 Å². The van der Waals surface area contributed by atoms with Gasteiger partial charge in [-0.15, -0.1) is 0 Å². The van der Waals surface area contributed by atoms with Gasteiger partial charge in [-0.1, -0.05) is 41.5 Å². The van der Waals surface area contributed by atoms with E-state index < -0.39 is 20.1 Å². The normalized spacial score (nSPS) is 12.2. The van der Waals surface area contributed by atoms with Crippen LogP contribution in [-0.2, 0) is 30.7 Å². The summed E-state index contributed by atoms with van der Waals surface area (Å²) in [6, 6.07) is 18.1. The lowest BCUT2D eigenvalue weighted by Gasteiger charge is -2.08. The molecule has 178 valence electrons. The lowest BCUT2D eigenvalue weighted by atomic mass is 10.1. The van der Waals surface area contributed by atoms with Gasteiger partial charge in [0.1, 0.15) is 5.75 Å². The summed E-state index contributed by atoms with van der Waals surface area (Å²) in [5.41, 5.74) is 2.93. The fraction of sp³-hybridized carbons (Fsp3) is 0.200. The molecule has 0 radical (unpaired) electrons. The van der Waals surface area contributed by atoms with Crippen molar-refractivity contribution >= 4 is 31.0 Å². The molecule has 0 amide bonds. The Kier molecular flexibility index (Phi) is 6.53. The van der Waals surface area contributed by atoms with E-state index in [4.69, 9.17) is 8.92 Å². The Morgan fingerprint density at radius 3 is 1.97 bits per heavy atom. The maximum Gasteiger partial charge on any atom is 0.296 e. The van der Waals surface area contributed by atoms with Crippen LogP contribution in [0.3, 0.4) is 0 Å². The van der Waals surface area contributed by atoms with Crippen molar-refractivity contribution in [1.82, 2.24) is 3.97 Å². The van der Waals surface area contributed by atoms with Crippen molar-refractivity contribution in [3.63, 3.8) is 0 Å². The summed E-state index contributed by atoms with van der Waals surface area (Å²) in [6.07, 6.45) is 1.67. The standard InChI is InChI=1S/C25H25NO6S2/c1-18-7-11-21(12-8-18)33(27,28)26-17-20(25-23(26)5-4-6-24(25)31-3)15-16-32-34(29,30)22-13-9-19(2)10-14-22/h4-14,17H,15-16H2,1-3H3. The maximum absolute atomic E-state index is 13.4. The minimum Gasteiger partial charge on any atom is -0.496 e. The summed E-state index contributed by atoms with van der Waals surface area (Å²) in [6.45, 7) is 3.60. The second-order valence-corrected chi connectivity index (χ2v) is 11.4. The number of ether oxygens (including phenoxy) is 1. The molecular formula is C25H25NO6S2. The largest absolute Gasteiger partial charge is 0.496 e. The summed E-state index contributed by atoms with van der Waals surface area (Å²) in [5, 5.41) is 0.594. The summed E-state index contributed by atoms with van der Waals surface area (Å²) >= 11 is 0. The third-order valence-corrected chi connectivity index (χ3v) is 8.57. The van der Waals surface area contributed by atoms with E-state index in [1.165, 1.54) is 29.4 Å². The number of hydrogen-bond acceptors (Lipinski definition) is 6. The van der Waals surface area contributed by atoms with Crippen LogP contribution in [0, 0.1) is 13.8 Å². The highest BCUT2D eigenvalue weighted by molar-refractivity contribution is 7.90. The van der Waals surface area contributed by atoms with Crippen molar-refractivity contribution in [3.05, 3.63) is 89.6 Å². The molecule has 0 fully saturated rings. The lowest BCUT2D eigenvalue weighted by molar-refractivity contribution is 0.322. The van der Waals surface area contributed by atoms with Crippen molar-refractivity contribution in [3.8, 4) is 5.75 Å². The number of nitrogens with zero attached hydrogens (tertiary/aromatic N) is 1. The van der Waals surface area contributed by atoms with E-state index in [1.807, 2.05) is 13.8 Å². The number of methoxy groups -OCH3 is 1. The number of rotatable bonds is 8. The number of fused-ring (bicyclic) bond motifs is 1. The number of aromatic nitrogens is 1. The van der Waals surface area contributed by atoms with Gasteiger partial charge in [0.25, 0.3) is 20.1 Å². The van der Waals surface area contributed by atoms with E-state index in [9.17, 15) is 16.8 Å². The highest BCUT2D eigenvalue weighted by Gasteiger charge is 2.23. The molecule has 9 heteroatoms. The zero-order valence-electron chi connectivity index (χ0n) is 19.1. The van der Waals surface area contributed by atoms with Crippen LogP contribution in [0.25, 0.3) is 10.9 Å². The van der Waals surface area contributed by atoms with E-state index >= 15 is 0 Å². The SMILES string of the molecule is COc1cccc2c1c(CCOS(=O)(=O)c1ccc(C)cc1)cn2S(=O)(=O)c1ccc(C)cc1. The molecule has 34 heavy (non-hydrogen) atoms. The minimum atomic E-state index is -3.94. The fourth-order valence-corrected chi connectivity index (χ4v) is 6.01. The second kappa shape index (κ2) is 9.25. The van der Waals surface area contributed by atoms with Crippen LogP contribution in [0.2, 0.25) is 0 Å². The first-order valence-electron chi connectivity index (χ1n) is 10.6. The summed E-state index contributed by atoms with van der Waals surface area (Å²) in [7, 11) is -6.32. The third-order valence-electron chi connectivity index (χ3n) is 5.55. The number of hydrogen-bond donors (Lipinski definition) is 0. The molecule has 0 saturated carbocycles. The van der Waals surface area contributed by atoms with Crippen LogP contribution in [0.4, 0.5) is 0 Å². The molecule has 0 bridgehead atoms. The first-order valence-corrected chi connectivity index (χ1v) is 13.4. The highest BCUT2D eigenvalue weighted by Crippen LogP contribution is 2.33. The Labute approximate surface area is 199 Å². The van der Waals surface area contributed by atoms with Crippen LogP contribution in [0.5, 0.6) is 5.75 Å². The lowest BCUT2D eigenvalue weighted by Crippen LogP contribution is -2.12. The quantitative estimate of drug-likeness (QED) is 0.333. The summed E-state index contributed by atoms with van der Waals surface area (Å²) in [4.78, 5) is 0.225. The fourth-order valence-electron chi connectivity index (χ4n) is 3.72. The van der Waals surface area contributed by atoms with Crippen LogP contribution in [-0.4, -0.2) is 34.5 Å². The molecule has 0 saturated heterocycles. The van der Waals surface area contributed by atoms with E-state index in [1.54, 1.807) is 54.6 Å².